The number of carbonyl (C=O) groups excluding carboxylic acids is 2. The number of benzene rings is 1. The highest BCUT2D eigenvalue weighted by Crippen LogP contribution is 2.27. The zero-order chi connectivity index (χ0) is 21.7. The van der Waals surface area contributed by atoms with Crippen LogP contribution in [0.15, 0.2) is 49.2 Å². The monoisotopic (exact) mass is 421 g/mol. The normalized spacial score (nSPS) is 11.4. The van der Waals surface area contributed by atoms with Crippen molar-refractivity contribution in [1.82, 2.24) is 15.2 Å². The van der Waals surface area contributed by atoms with Crippen molar-refractivity contribution in [1.29, 1.82) is 5.26 Å². The zero-order valence-corrected chi connectivity index (χ0v) is 16.7. The molecule has 3 aromatic rings. The molecular weight excluding hydrogens is 405 g/mol. The van der Waals surface area contributed by atoms with Crippen molar-refractivity contribution in [2.45, 2.75) is 19.3 Å². The number of Topliss-reactive ketones (excluding diaryl/α,β-unsaturated/α-hetero) is 1. The van der Waals surface area contributed by atoms with Crippen molar-refractivity contribution in [3.63, 3.8) is 0 Å². The van der Waals surface area contributed by atoms with E-state index in [0.29, 0.717) is 15.4 Å². The lowest BCUT2D eigenvalue weighted by Gasteiger charge is -2.12. The summed E-state index contributed by atoms with van der Waals surface area (Å²) in [6, 6.07) is 9.41. The molecule has 0 aliphatic carbocycles. The Hall–Kier alpha value is -3.77. The third-order valence-corrected chi connectivity index (χ3v) is 5.24. The molecule has 1 aromatic carbocycles. The number of nitrogens with zero attached hydrogens (tertiary/aromatic N) is 4. The van der Waals surface area contributed by atoms with Gasteiger partial charge in [0, 0.05) is 11.5 Å². The van der Waals surface area contributed by atoms with Gasteiger partial charge in [-0.15, -0.1) is 21.5 Å². The van der Waals surface area contributed by atoms with Crippen LogP contribution in [0.25, 0.3) is 11.3 Å². The number of hydrogen-bond donors (Lipinski definition) is 1. The number of aromatic nitrogens is 3. The predicted molar refractivity (Wildman–Crippen MR) is 110 cm³/mol. The van der Waals surface area contributed by atoms with Crippen molar-refractivity contribution in [2.24, 2.45) is 0 Å². The molecule has 2 aromatic heterocycles. The molecule has 1 atom stereocenters. The first-order valence-electron chi connectivity index (χ1n) is 8.85. The summed E-state index contributed by atoms with van der Waals surface area (Å²) in [6.07, 6.45) is 2.63. The van der Waals surface area contributed by atoms with Gasteiger partial charge in [0.05, 0.1) is 18.3 Å². The van der Waals surface area contributed by atoms with E-state index in [2.05, 4.69) is 27.1 Å². The van der Waals surface area contributed by atoms with Crippen molar-refractivity contribution < 1.29 is 14.0 Å². The summed E-state index contributed by atoms with van der Waals surface area (Å²) in [5.74, 6) is -1.32. The van der Waals surface area contributed by atoms with Crippen LogP contribution in [-0.2, 0) is 16.0 Å². The molecule has 9 heteroatoms. The quantitative estimate of drug-likeness (QED) is 0.583. The largest absolute Gasteiger partial charge is 0.306 e. The number of thiazole rings is 1. The molecular formula is C21H16FN5O2S. The third kappa shape index (κ3) is 4.79. The lowest BCUT2D eigenvalue weighted by atomic mass is 9.93. The number of carbonyl (C=O) groups is 2. The van der Waals surface area contributed by atoms with E-state index in [1.165, 1.54) is 35.7 Å². The molecule has 150 valence electrons. The Morgan fingerprint density at radius 1 is 1.33 bits per heavy atom. The molecule has 0 aliphatic heterocycles. The summed E-state index contributed by atoms with van der Waals surface area (Å²) in [7, 11) is 0. The molecule has 0 saturated carbocycles. The molecule has 0 fully saturated rings. The molecule has 1 N–H and O–H groups in total. The van der Waals surface area contributed by atoms with Crippen molar-refractivity contribution in [3.05, 3.63) is 70.4 Å². The van der Waals surface area contributed by atoms with Crippen molar-refractivity contribution in [3.8, 4) is 17.3 Å². The molecule has 0 aliphatic rings. The Morgan fingerprint density at radius 3 is 2.77 bits per heavy atom. The smallest absolute Gasteiger partial charge is 0.248 e. The van der Waals surface area contributed by atoms with E-state index in [1.54, 1.807) is 19.1 Å². The van der Waals surface area contributed by atoms with E-state index in [0.717, 1.165) is 6.08 Å². The minimum atomic E-state index is -0.505. The number of nitriles is 1. The van der Waals surface area contributed by atoms with Crippen LogP contribution in [0.4, 0.5) is 10.2 Å². The Morgan fingerprint density at radius 2 is 2.13 bits per heavy atom. The van der Waals surface area contributed by atoms with Crippen LogP contribution in [0.2, 0.25) is 0 Å². The van der Waals surface area contributed by atoms with Gasteiger partial charge in [0.15, 0.2) is 5.82 Å². The van der Waals surface area contributed by atoms with Crippen LogP contribution >= 0.6 is 11.3 Å². The third-order valence-electron chi connectivity index (χ3n) is 4.34. The molecule has 30 heavy (non-hydrogen) atoms. The van der Waals surface area contributed by atoms with Crippen LogP contribution in [0, 0.1) is 17.1 Å². The fourth-order valence-corrected chi connectivity index (χ4v) is 3.38. The SMILES string of the molecule is C=CC(=O)Nc1ccc(-c2cc(C(C)C(=O)Cc3ncc(C#N)s3)ccc2F)nn1. The van der Waals surface area contributed by atoms with Gasteiger partial charge in [0.25, 0.3) is 0 Å². The average molecular weight is 421 g/mol. The highest BCUT2D eigenvalue weighted by atomic mass is 32.1. The zero-order valence-electron chi connectivity index (χ0n) is 15.9. The van der Waals surface area contributed by atoms with Crippen LogP contribution in [-0.4, -0.2) is 26.9 Å². The number of anilines is 1. The lowest BCUT2D eigenvalue weighted by Crippen LogP contribution is -2.12. The van der Waals surface area contributed by atoms with Gasteiger partial charge in [-0.3, -0.25) is 9.59 Å². The Kier molecular flexibility index (Phi) is 6.39. The Bertz CT molecular complexity index is 1150. The van der Waals surface area contributed by atoms with Gasteiger partial charge in [-0.1, -0.05) is 19.6 Å². The number of halogens is 1. The maximum atomic E-state index is 14.4. The molecule has 1 unspecified atom stereocenters. The minimum absolute atomic E-state index is 0.0950. The molecule has 3 rings (SSSR count). The second-order valence-corrected chi connectivity index (χ2v) is 7.45. The fraction of sp³-hybridized carbons (Fsp3) is 0.143. The molecule has 0 spiro atoms. The summed E-state index contributed by atoms with van der Waals surface area (Å²) in [4.78, 5) is 28.5. The Balaban J connectivity index is 1.80. The first-order chi connectivity index (χ1) is 14.4. The van der Waals surface area contributed by atoms with Crippen LogP contribution in [0.1, 0.15) is 28.3 Å². The first kappa shape index (κ1) is 21.0. The molecule has 7 nitrogen and oxygen atoms in total. The second-order valence-electron chi connectivity index (χ2n) is 6.33. The molecule has 2 heterocycles. The maximum absolute atomic E-state index is 14.4. The van der Waals surface area contributed by atoms with Gasteiger partial charge in [0.2, 0.25) is 5.91 Å². The summed E-state index contributed by atoms with van der Waals surface area (Å²) in [5.41, 5.74) is 1.09. The summed E-state index contributed by atoms with van der Waals surface area (Å²) >= 11 is 1.18. The minimum Gasteiger partial charge on any atom is -0.306 e. The standard InChI is InChI=1S/C21H16FN5O2S/c1-3-20(29)25-19-7-6-17(26-27-19)15-8-13(4-5-16(15)22)12(2)18(28)9-21-24-11-14(10-23)30-21/h3-8,11-12H,1,9H2,2H3,(H,25,27,29). The van der Waals surface area contributed by atoms with E-state index in [-0.39, 0.29) is 29.3 Å². The number of amides is 1. The van der Waals surface area contributed by atoms with E-state index >= 15 is 0 Å². The van der Waals surface area contributed by atoms with Crippen molar-refractivity contribution in [2.75, 3.05) is 5.32 Å². The van der Waals surface area contributed by atoms with E-state index in [9.17, 15) is 14.0 Å². The van der Waals surface area contributed by atoms with Gasteiger partial charge < -0.3 is 5.32 Å². The summed E-state index contributed by atoms with van der Waals surface area (Å²) < 4.78 is 14.4. The van der Waals surface area contributed by atoms with Gasteiger partial charge in [0.1, 0.15) is 27.6 Å². The van der Waals surface area contributed by atoms with E-state index in [1.807, 2.05) is 6.07 Å². The molecule has 0 bridgehead atoms. The maximum Gasteiger partial charge on any atom is 0.248 e. The number of ketones is 1. The van der Waals surface area contributed by atoms with Crippen LogP contribution in [0.3, 0.4) is 0 Å². The van der Waals surface area contributed by atoms with E-state index < -0.39 is 17.6 Å². The van der Waals surface area contributed by atoms with Crippen LogP contribution in [0.5, 0.6) is 0 Å². The first-order valence-corrected chi connectivity index (χ1v) is 9.67. The summed E-state index contributed by atoms with van der Waals surface area (Å²) in [5, 5.41) is 19.7. The predicted octanol–water partition coefficient (Wildman–Crippen LogP) is 3.65. The van der Waals surface area contributed by atoms with Gasteiger partial charge in [-0.05, 0) is 35.9 Å². The molecule has 0 saturated heterocycles. The summed E-state index contributed by atoms with van der Waals surface area (Å²) in [6.45, 7) is 5.08. The topological polar surface area (TPSA) is 109 Å². The highest BCUT2D eigenvalue weighted by molar-refractivity contribution is 7.12. The van der Waals surface area contributed by atoms with Gasteiger partial charge in [-0.2, -0.15) is 5.26 Å². The molecule has 0 radical (unpaired) electrons. The van der Waals surface area contributed by atoms with Gasteiger partial charge >= 0.3 is 0 Å². The number of nitrogens with one attached hydrogen (secondary N) is 1. The highest BCUT2D eigenvalue weighted by Gasteiger charge is 2.19. The van der Waals surface area contributed by atoms with Crippen molar-refractivity contribution >= 4 is 28.8 Å². The Labute approximate surface area is 175 Å². The number of rotatable bonds is 7. The number of hydrogen-bond acceptors (Lipinski definition) is 7. The van der Waals surface area contributed by atoms with Crippen LogP contribution < -0.4 is 5.32 Å². The molecule has 1 amide bonds. The lowest BCUT2D eigenvalue weighted by molar-refractivity contribution is -0.119. The fourth-order valence-electron chi connectivity index (χ4n) is 2.66. The van der Waals surface area contributed by atoms with Gasteiger partial charge in [-0.25, -0.2) is 9.37 Å². The average Bonchev–Trinajstić information content (AvgIpc) is 3.21. The second kappa shape index (κ2) is 9.15. The van der Waals surface area contributed by atoms with E-state index in [4.69, 9.17) is 5.26 Å².